The molecule has 0 atom stereocenters. The predicted molar refractivity (Wildman–Crippen MR) is 137 cm³/mol. The number of anilines is 2. The van der Waals surface area contributed by atoms with Crippen LogP contribution in [-0.4, -0.2) is 20.7 Å². The third-order valence-electron chi connectivity index (χ3n) is 5.51. The lowest BCUT2D eigenvalue weighted by Crippen LogP contribution is -2.17. The molecule has 0 bridgehead atoms. The van der Waals surface area contributed by atoms with E-state index in [-0.39, 0.29) is 17.0 Å². The topological polar surface area (TPSA) is 113 Å². The molecule has 1 aliphatic carbocycles. The number of allylic oxidation sites excluding steroid dienone is 4. The lowest BCUT2D eigenvalue weighted by Gasteiger charge is -2.23. The summed E-state index contributed by atoms with van der Waals surface area (Å²) in [7, 11) is -3.52. The number of aromatic nitrogens is 1. The minimum Gasteiger partial charge on any atom is -0.424 e. The van der Waals surface area contributed by atoms with E-state index in [1.807, 2.05) is 0 Å². The van der Waals surface area contributed by atoms with Gasteiger partial charge >= 0.3 is 11.7 Å². The molecule has 1 amide bonds. The molecule has 0 aliphatic heterocycles. The Morgan fingerprint density at radius 2 is 1.92 bits per heavy atom. The van der Waals surface area contributed by atoms with Gasteiger partial charge in [-0.15, -0.1) is 0 Å². The summed E-state index contributed by atoms with van der Waals surface area (Å²) in [6.07, 6.45) is 8.66. The number of alkyl halides is 2. The summed E-state index contributed by atoms with van der Waals surface area (Å²) >= 11 is 3.09. The van der Waals surface area contributed by atoms with E-state index in [4.69, 9.17) is 19.9 Å². The Hall–Kier alpha value is -3.24. The first-order valence-corrected chi connectivity index (χ1v) is 12.8. The fraction of sp³-hybridized carbons (Fsp3) is 0.120. The summed E-state index contributed by atoms with van der Waals surface area (Å²) < 4.78 is 47.9. The number of rotatable bonds is 8. The van der Waals surface area contributed by atoms with Gasteiger partial charge in [0.15, 0.2) is 5.76 Å². The van der Waals surface area contributed by atoms with Gasteiger partial charge in [-0.3, -0.25) is 9.69 Å². The van der Waals surface area contributed by atoms with Crippen LogP contribution in [0.25, 0.3) is 5.57 Å². The van der Waals surface area contributed by atoms with Gasteiger partial charge in [-0.25, -0.2) is 9.37 Å². The van der Waals surface area contributed by atoms with Crippen molar-refractivity contribution in [3.05, 3.63) is 106 Å². The molecule has 0 fully saturated rings. The van der Waals surface area contributed by atoms with Crippen LogP contribution in [0.3, 0.4) is 0 Å². The fourth-order valence-electron chi connectivity index (χ4n) is 3.59. The molecule has 1 heterocycles. The second-order valence-corrected chi connectivity index (χ2v) is 9.99. The molecular formula is C25H20BrF3N3O4P. The van der Waals surface area contributed by atoms with Gasteiger partial charge in [-0.05, 0) is 48.4 Å². The van der Waals surface area contributed by atoms with Crippen LogP contribution in [0.15, 0.2) is 87.4 Å². The van der Waals surface area contributed by atoms with Crippen molar-refractivity contribution in [2.45, 2.75) is 18.6 Å². The maximum atomic E-state index is 14.2. The summed E-state index contributed by atoms with van der Waals surface area (Å²) in [4.78, 5) is 35.7. The van der Waals surface area contributed by atoms with Gasteiger partial charge in [0.2, 0.25) is 14.3 Å². The van der Waals surface area contributed by atoms with E-state index < -0.39 is 31.3 Å². The lowest BCUT2D eigenvalue weighted by atomic mass is 10.1. The molecular weight excluding hydrogens is 574 g/mol. The molecule has 1 aromatic heterocycles. The quantitative estimate of drug-likeness (QED) is 0.275. The Labute approximate surface area is 219 Å². The summed E-state index contributed by atoms with van der Waals surface area (Å²) in [6.45, 7) is 0.105. The summed E-state index contributed by atoms with van der Waals surface area (Å²) in [6, 6.07) is 9.70. The van der Waals surface area contributed by atoms with Gasteiger partial charge in [0, 0.05) is 26.9 Å². The fourth-order valence-corrected chi connectivity index (χ4v) is 4.83. The molecule has 0 unspecified atom stereocenters. The second kappa shape index (κ2) is 11.0. The monoisotopic (exact) mass is 593 g/mol. The number of oxazole rings is 1. The molecule has 0 saturated heterocycles. The SMILES string of the molecule is NC(=O)C1=CC=C(c2cnc(N(Cc3ccc(C(F)(F)P(O)O)c(Br)c3)c3ccc(F)cc3)o2)CC=C1. The third kappa shape index (κ3) is 6.02. The van der Waals surface area contributed by atoms with Crippen molar-refractivity contribution in [1.82, 2.24) is 4.98 Å². The Morgan fingerprint density at radius 3 is 2.57 bits per heavy atom. The van der Waals surface area contributed by atoms with E-state index in [1.165, 1.54) is 42.6 Å². The van der Waals surface area contributed by atoms with E-state index in [1.54, 1.807) is 29.2 Å². The first-order chi connectivity index (χ1) is 17.6. The molecule has 2 aromatic carbocycles. The van der Waals surface area contributed by atoms with Crippen molar-refractivity contribution in [3.8, 4) is 0 Å². The van der Waals surface area contributed by atoms with Crippen molar-refractivity contribution in [3.63, 3.8) is 0 Å². The second-order valence-electron chi connectivity index (χ2n) is 8.00. The smallest absolute Gasteiger partial charge is 0.340 e. The highest BCUT2D eigenvalue weighted by molar-refractivity contribution is 9.10. The van der Waals surface area contributed by atoms with Crippen molar-refractivity contribution in [2.75, 3.05) is 4.90 Å². The first-order valence-electron chi connectivity index (χ1n) is 10.8. The number of primary amides is 1. The Kier molecular flexibility index (Phi) is 7.99. The summed E-state index contributed by atoms with van der Waals surface area (Å²) in [5.41, 5.74) is 3.14. The van der Waals surface area contributed by atoms with Crippen LogP contribution in [-0.2, 0) is 17.0 Å². The van der Waals surface area contributed by atoms with E-state index in [2.05, 4.69) is 20.9 Å². The number of benzene rings is 2. The van der Waals surface area contributed by atoms with Gasteiger partial charge in [0.25, 0.3) is 0 Å². The highest BCUT2D eigenvalue weighted by Crippen LogP contribution is 2.54. The number of nitrogens with zero attached hydrogens (tertiary/aromatic N) is 2. The zero-order chi connectivity index (χ0) is 26.7. The minimum absolute atomic E-state index is 0.00908. The standard InChI is InChI=1S/C25H20BrF3N3O4P/c26-21-12-15(4-11-20(21)25(28,29)37(34)35)14-32(19-9-7-18(27)8-10-19)24-31-13-22(36-24)16-2-1-3-17(6-5-16)23(30)33/h1,3-13,34-35H,2,14H2,(H2,30,33). The summed E-state index contributed by atoms with van der Waals surface area (Å²) in [5, 5.41) is 0. The van der Waals surface area contributed by atoms with Crippen LogP contribution in [0.5, 0.6) is 0 Å². The average Bonchev–Trinajstić information content (AvgIpc) is 3.19. The Balaban J connectivity index is 1.68. The Morgan fingerprint density at radius 1 is 1.19 bits per heavy atom. The van der Waals surface area contributed by atoms with E-state index in [0.29, 0.717) is 29.0 Å². The molecule has 1 aliphatic rings. The predicted octanol–water partition coefficient (Wildman–Crippen LogP) is 6.02. The minimum atomic E-state index is -3.81. The lowest BCUT2D eigenvalue weighted by molar-refractivity contribution is -0.114. The van der Waals surface area contributed by atoms with Gasteiger partial charge in [-0.2, -0.15) is 8.78 Å². The first kappa shape index (κ1) is 26.8. The molecule has 7 nitrogen and oxygen atoms in total. The largest absolute Gasteiger partial charge is 0.424 e. The average molecular weight is 594 g/mol. The number of amides is 1. The number of hydrogen-bond acceptors (Lipinski definition) is 6. The van der Waals surface area contributed by atoms with Crippen molar-refractivity contribution >= 4 is 47.5 Å². The molecule has 3 aromatic rings. The zero-order valence-electron chi connectivity index (χ0n) is 19.0. The summed E-state index contributed by atoms with van der Waals surface area (Å²) in [5.74, 6) is -0.564. The van der Waals surface area contributed by atoms with Crippen LogP contribution < -0.4 is 10.6 Å². The van der Waals surface area contributed by atoms with Gasteiger partial charge in [0.1, 0.15) is 5.82 Å². The molecule has 12 heteroatoms. The van der Waals surface area contributed by atoms with Crippen molar-refractivity contribution < 1.29 is 32.2 Å². The molecule has 192 valence electrons. The number of carbonyl (C=O) groups excluding carboxylic acids is 1. The van der Waals surface area contributed by atoms with Crippen molar-refractivity contribution in [1.29, 1.82) is 0 Å². The van der Waals surface area contributed by atoms with Gasteiger partial charge < -0.3 is 19.9 Å². The van der Waals surface area contributed by atoms with Crippen molar-refractivity contribution in [2.24, 2.45) is 5.73 Å². The van der Waals surface area contributed by atoms with Crippen LogP contribution in [0.1, 0.15) is 23.3 Å². The molecule has 0 saturated carbocycles. The number of nitrogens with two attached hydrogens (primary N) is 1. The maximum Gasteiger partial charge on any atom is 0.340 e. The highest BCUT2D eigenvalue weighted by Gasteiger charge is 2.42. The van der Waals surface area contributed by atoms with Crippen LogP contribution in [0.2, 0.25) is 0 Å². The Bertz CT molecular complexity index is 1400. The number of halogens is 4. The van der Waals surface area contributed by atoms with E-state index in [0.717, 1.165) is 11.6 Å². The molecule has 0 radical (unpaired) electrons. The normalized spacial score (nSPS) is 13.8. The van der Waals surface area contributed by atoms with E-state index >= 15 is 0 Å². The highest BCUT2D eigenvalue weighted by atomic mass is 79.9. The van der Waals surface area contributed by atoms with Gasteiger partial charge in [-0.1, -0.05) is 46.3 Å². The van der Waals surface area contributed by atoms with Crippen LogP contribution >= 0.6 is 24.3 Å². The van der Waals surface area contributed by atoms with Crippen LogP contribution in [0, 0.1) is 5.82 Å². The number of carbonyl (C=O) groups is 1. The van der Waals surface area contributed by atoms with Gasteiger partial charge in [0.05, 0.1) is 12.7 Å². The molecule has 4 rings (SSSR count). The number of hydrogen-bond donors (Lipinski definition) is 3. The van der Waals surface area contributed by atoms with E-state index in [9.17, 15) is 18.0 Å². The zero-order valence-corrected chi connectivity index (χ0v) is 21.5. The molecule has 0 spiro atoms. The van der Waals surface area contributed by atoms with Crippen LogP contribution in [0.4, 0.5) is 24.9 Å². The molecule has 4 N–H and O–H groups in total. The third-order valence-corrected chi connectivity index (χ3v) is 6.91. The maximum absolute atomic E-state index is 14.2. The molecule has 37 heavy (non-hydrogen) atoms.